The Balaban J connectivity index is 1.59. The Morgan fingerprint density at radius 1 is 0.789 bits per heavy atom. The Morgan fingerprint density at radius 3 is 1.81 bits per heavy atom. The van der Waals surface area contributed by atoms with Gasteiger partial charge in [-0.25, -0.2) is 4.79 Å². The van der Waals surface area contributed by atoms with Crippen molar-refractivity contribution >= 4 is 23.4 Å². The molecule has 1 aromatic heterocycles. The SMILES string of the molecule is CCCCCCCCCCCCCCCCCCNC(=O)c1c(C)ccc(-n2oc(C(C)(C)C)c(COc3ccc(NC(=O)OC(C)(C)C)cc3)c2=O)c1[N+](=O)[O-]. The monoisotopic (exact) mass is 793 g/mol. The zero-order valence-corrected chi connectivity index (χ0v) is 35.9. The standard InChI is InChI=1S/C45H68N4O8/c1-9-10-11-12-13-14-15-16-17-18-19-20-21-22-23-24-31-46-41(50)38-33(2)25-30-37(39(38)49(53)54)48-42(51)36(40(57-48)44(3,4)5)32-55-35-28-26-34(27-29-35)47-43(52)56-45(6,7)8/h25-30H,9-24,31-32H2,1-8H3,(H,46,50)(H,47,52). The van der Waals surface area contributed by atoms with E-state index in [4.69, 9.17) is 14.0 Å². The second kappa shape index (κ2) is 23.0. The third-order valence-electron chi connectivity index (χ3n) is 9.77. The number of carbonyl (C=O) groups excluding carboxylic acids is 2. The highest BCUT2D eigenvalue weighted by Crippen LogP contribution is 2.33. The number of carbonyl (C=O) groups is 2. The number of anilines is 1. The molecule has 12 nitrogen and oxygen atoms in total. The molecule has 1 heterocycles. The van der Waals surface area contributed by atoms with Crippen LogP contribution in [0.1, 0.15) is 178 Å². The highest BCUT2D eigenvalue weighted by atomic mass is 16.6. The molecule has 0 aliphatic heterocycles. The molecule has 0 aliphatic rings. The van der Waals surface area contributed by atoms with Crippen LogP contribution < -0.4 is 20.9 Å². The number of hydrogen-bond donors (Lipinski definition) is 2. The predicted molar refractivity (Wildman–Crippen MR) is 227 cm³/mol. The predicted octanol–water partition coefficient (Wildman–Crippen LogP) is 11.9. The van der Waals surface area contributed by atoms with E-state index in [1.807, 2.05) is 20.8 Å². The summed E-state index contributed by atoms with van der Waals surface area (Å²) in [6.07, 6.45) is 19.4. The van der Waals surface area contributed by atoms with Crippen molar-refractivity contribution in [1.29, 1.82) is 0 Å². The molecule has 0 spiro atoms. The fourth-order valence-electron chi connectivity index (χ4n) is 6.77. The van der Waals surface area contributed by atoms with Crippen molar-refractivity contribution in [2.45, 2.75) is 176 Å². The fraction of sp³-hybridized carbons (Fsp3) is 0.622. The number of unbranched alkanes of at least 4 members (excludes halogenated alkanes) is 15. The molecule has 0 unspecified atom stereocenters. The van der Waals surface area contributed by atoms with Crippen LogP contribution in [0.2, 0.25) is 0 Å². The molecule has 0 aliphatic carbocycles. The summed E-state index contributed by atoms with van der Waals surface area (Å²) in [4.78, 5) is 51.5. The van der Waals surface area contributed by atoms with Gasteiger partial charge < -0.3 is 19.3 Å². The van der Waals surface area contributed by atoms with Crippen LogP contribution in [-0.2, 0) is 16.8 Å². The Bertz CT molecular complexity index is 1780. The summed E-state index contributed by atoms with van der Waals surface area (Å²) in [6.45, 7) is 15.0. The number of hydrogen-bond acceptors (Lipinski definition) is 8. The van der Waals surface area contributed by atoms with Gasteiger partial charge in [-0.05, 0) is 70.0 Å². The van der Waals surface area contributed by atoms with Crippen LogP contribution in [0.25, 0.3) is 5.69 Å². The number of nitrogens with zero attached hydrogens (tertiary/aromatic N) is 2. The van der Waals surface area contributed by atoms with E-state index >= 15 is 0 Å². The topological polar surface area (TPSA) is 155 Å². The summed E-state index contributed by atoms with van der Waals surface area (Å²) >= 11 is 0. The Kier molecular flexibility index (Phi) is 18.8. The average molecular weight is 793 g/mol. The summed E-state index contributed by atoms with van der Waals surface area (Å²) in [5.41, 5.74) is -1.60. The molecule has 0 saturated heterocycles. The molecule has 0 saturated carbocycles. The van der Waals surface area contributed by atoms with Gasteiger partial charge in [-0.1, -0.05) is 130 Å². The van der Waals surface area contributed by atoms with Gasteiger partial charge in [0, 0.05) is 17.6 Å². The van der Waals surface area contributed by atoms with Crippen molar-refractivity contribution in [2.24, 2.45) is 0 Å². The molecule has 57 heavy (non-hydrogen) atoms. The molecule has 0 fully saturated rings. The number of ether oxygens (including phenoxy) is 2. The lowest BCUT2D eigenvalue weighted by atomic mass is 9.91. The van der Waals surface area contributed by atoms with Gasteiger partial charge >= 0.3 is 11.8 Å². The lowest BCUT2D eigenvalue weighted by Gasteiger charge is -2.19. The first kappa shape index (κ1) is 46.8. The molecule has 0 bridgehead atoms. The third kappa shape index (κ3) is 15.7. The highest BCUT2D eigenvalue weighted by molar-refractivity contribution is 6.01. The van der Waals surface area contributed by atoms with Crippen molar-refractivity contribution < 1.29 is 28.5 Å². The van der Waals surface area contributed by atoms with Crippen LogP contribution in [0, 0.1) is 17.0 Å². The molecule has 316 valence electrons. The Morgan fingerprint density at radius 2 is 1.32 bits per heavy atom. The third-order valence-corrected chi connectivity index (χ3v) is 9.77. The van der Waals surface area contributed by atoms with Gasteiger partial charge in [-0.3, -0.25) is 25.0 Å². The largest absolute Gasteiger partial charge is 0.489 e. The molecule has 3 aromatic rings. The van der Waals surface area contributed by atoms with E-state index < -0.39 is 39.2 Å². The zero-order valence-electron chi connectivity index (χ0n) is 35.9. The Hall–Kier alpha value is -4.61. The van der Waals surface area contributed by atoms with E-state index in [0.29, 0.717) is 29.3 Å². The molecule has 2 aromatic carbocycles. The van der Waals surface area contributed by atoms with Crippen LogP contribution >= 0.6 is 0 Å². The van der Waals surface area contributed by atoms with Crippen LogP contribution in [0.15, 0.2) is 45.7 Å². The van der Waals surface area contributed by atoms with E-state index in [1.165, 1.54) is 89.5 Å². The van der Waals surface area contributed by atoms with Crippen molar-refractivity contribution in [1.82, 2.24) is 10.1 Å². The molecule has 12 heteroatoms. The van der Waals surface area contributed by atoms with Crippen molar-refractivity contribution in [3.05, 3.63) is 79.3 Å². The summed E-state index contributed by atoms with van der Waals surface area (Å²) in [5.74, 6) is 0.146. The second-order valence-electron chi connectivity index (χ2n) is 17.1. The molecule has 3 rings (SSSR count). The normalized spacial score (nSPS) is 11.7. The average Bonchev–Trinajstić information content (AvgIpc) is 3.47. The molecular weight excluding hydrogens is 725 g/mol. The van der Waals surface area contributed by atoms with Crippen molar-refractivity contribution in [2.75, 3.05) is 11.9 Å². The van der Waals surface area contributed by atoms with E-state index in [9.17, 15) is 24.5 Å². The minimum Gasteiger partial charge on any atom is -0.489 e. The van der Waals surface area contributed by atoms with Crippen molar-refractivity contribution in [3.8, 4) is 11.4 Å². The zero-order chi connectivity index (χ0) is 42.0. The summed E-state index contributed by atoms with van der Waals surface area (Å²) in [5, 5.41) is 18.1. The number of aromatic nitrogens is 1. The van der Waals surface area contributed by atoms with Gasteiger partial charge in [0.25, 0.3) is 11.5 Å². The first-order chi connectivity index (χ1) is 27.0. The molecule has 2 amide bonds. The van der Waals surface area contributed by atoms with Gasteiger partial charge in [0.05, 0.1) is 10.5 Å². The highest BCUT2D eigenvalue weighted by Gasteiger charge is 2.34. The Labute approximate surface area is 339 Å². The van der Waals surface area contributed by atoms with E-state index in [0.717, 1.165) is 24.0 Å². The van der Waals surface area contributed by atoms with Gasteiger partial charge in [-0.2, -0.15) is 0 Å². The van der Waals surface area contributed by atoms with E-state index in [1.54, 1.807) is 58.0 Å². The van der Waals surface area contributed by atoms with E-state index in [-0.39, 0.29) is 23.4 Å². The summed E-state index contributed by atoms with van der Waals surface area (Å²) in [7, 11) is 0. The van der Waals surface area contributed by atoms with Crippen LogP contribution in [-0.4, -0.2) is 33.8 Å². The molecule has 0 radical (unpaired) electrons. The quantitative estimate of drug-likeness (QED) is 0.0516. The molecular formula is C45H68N4O8. The second-order valence-corrected chi connectivity index (χ2v) is 17.1. The minimum atomic E-state index is -0.670. The fourth-order valence-corrected chi connectivity index (χ4v) is 6.77. The first-order valence-electron chi connectivity index (χ1n) is 21.1. The van der Waals surface area contributed by atoms with Gasteiger partial charge in [-0.15, -0.1) is 4.74 Å². The number of aryl methyl sites for hydroxylation is 1. The maximum atomic E-state index is 13.9. The van der Waals surface area contributed by atoms with Gasteiger partial charge in [0.2, 0.25) is 0 Å². The van der Waals surface area contributed by atoms with Crippen LogP contribution in [0.5, 0.6) is 5.75 Å². The van der Waals surface area contributed by atoms with Crippen LogP contribution in [0.4, 0.5) is 16.2 Å². The maximum Gasteiger partial charge on any atom is 0.412 e. The number of nitrogens with one attached hydrogen (secondary N) is 2. The number of benzene rings is 2. The summed E-state index contributed by atoms with van der Waals surface area (Å²) in [6, 6.07) is 9.56. The van der Waals surface area contributed by atoms with Crippen LogP contribution in [0.3, 0.4) is 0 Å². The minimum absolute atomic E-state index is 0.104. The lowest BCUT2D eigenvalue weighted by Crippen LogP contribution is -2.27. The van der Waals surface area contributed by atoms with Gasteiger partial charge in [0.15, 0.2) is 11.4 Å². The molecule has 2 N–H and O–H groups in total. The van der Waals surface area contributed by atoms with Crippen molar-refractivity contribution in [3.63, 3.8) is 0 Å². The summed E-state index contributed by atoms with van der Waals surface area (Å²) < 4.78 is 18.2. The smallest absolute Gasteiger partial charge is 0.412 e. The number of nitro benzene ring substituents is 1. The van der Waals surface area contributed by atoms with Gasteiger partial charge in [0.1, 0.15) is 23.5 Å². The first-order valence-corrected chi connectivity index (χ1v) is 21.1. The number of amides is 2. The number of nitro groups is 1. The molecule has 0 atom stereocenters. The lowest BCUT2D eigenvalue weighted by molar-refractivity contribution is -0.385. The maximum absolute atomic E-state index is 13.9. The van der Waals surface area contributed by atoms with E-state index in [2.05, 4.69) is 17.6 Å². The number of rotatable bonds is 24.